The molecule has 2 nitrogen and oxygen atoms in total. The summed E-state index contributed by atoms with van der Waals surface area (Å²) in [6, 6.07) is 0. The van der Waals surface area contributed by atoms with E-state index in [0.717, 1.165) is 11.5 Å². The van der Waals surface area contributed by atoms with E-state index in [-0.39, 0.29) is 23.1 Å². The lowest BCUT2D eigenvalue weighted by Crippen LogP contribution is -2.35. The molecule has 0 heterocycles. The number of halogens is 1. The van der Waals surface area contributed by atoms with E-state index in [9.17, 15) is 0 Å². The van der Waals surface area contributed by atoms with Crippen LogP contribution in [-0.4, -0.2) is 33.8 Å². The zero-order chi connectivity index (χ0) is 8.74. The molecule has 0 unspecified atom stereocenters. The van der Waals surface area contributed by atoms with Crippen LogP contribution in [-0.2, 0) is 0 Å². The highest BCUT2D eigenvalue weighted by molar-refractivity contribution is 8.18. The summed E-state index contributed by atoms with van der Waals surface area (Å²) in [6.07, 6.45) is 0. The van der Waals surface area contributed by atoms with Crippen LogP contribution in [0.5, 0.6) is 0 Å². The molecule has 0 saturated heterocycles. The average Bonchev–Trinajstić information content (AvgIpc) is 2.04. The first-order valence-electron chi connectivity index (χ1n) is 3.83. The molecule has 0 saturated carbocycles. The molecule has 0 rings (SSSR count). The second-order valence-corrected chi connectivity index (χ2v) is 5.69. The fourth-order valence-electron chi connectivity index (χ4n) is 0.841. The normalized spacial score (nSPS) is 11.0. The van der Waals surface area contributed by atoms with E-state index < -0.39 is 0 Å². The smallest absolute Gasteiger partial charge is 0.0961 e. The lowest BCUT2D eigenvalue weighted by molar-refractivity contribution is 0.286. The Bertz CT molecular complexity index is 93.4. The summed E-state index contributed by atoms with van der Waals surface area (Å²) in [5.41, 5.74) is 5.59. The molecule has 0 spiro atoms. The lowest BCUT2D eigenvalue weighted by Gasteiger charge is -2.28. The summed E-state index contributed by atoms with van der Waals surface area (Å²) in [4.78, 5) is 0. The summed E-state index contributed by atoms with van der Waals surface area (Å²) >= 11 is 3.47. The van der Waals surface area contributed by atoms with Gasteiger partial charge in [0.05, 0.1) is 10.7 Å². The minimum Gasteiger partial charge on any atom is -0.394 e. The van der Waals surface area contributed by atoms with E-state index in [0.29, 0.717) is 6.54 Å². The zero-order valence-corrected chi connectivity index (χ0v) is 10.0. The molecule has 76 valence electrons. The van der Waals surface area contributed by atoms with Crippen molar-refractivity contribution in [1.82, 2.24) is 0 Å². The Labute approximate surface area is 89.5 Å². The number of aliphatic hydroxyl groups is 1. The lowest BCUT2D eigenvalue weighted by atomic mass is 10.4. The van der Waals surface area contributed by atoms with Gasteiger partial charge in [0.1, 0.15) is 0 Å². The first-order valence-corrected chi connectivity index (χ1v) is 5.80. The maximum absolute atomic E-state index is 9.12. The Hall–Kier alpha value is 0.910. The summed E-state index contributed by atoms with van der Waals surface area (Å²) < 4.78 is -0.149. The molecule has 0 aromatic heterocycles. The van der Waals surface area contributed by atoms with E-state index in [1.165, 1.54) is 0 Å². The predicted octanol–water partition coefficient (Wildman–Crippen LogP) is 1.56. The first kappa shape index (κ1) is 15.4. The van der Waals surface area contributed by atoms with Gasteiger partial charge in [0.25, 0.3) is 0 Å². The van der Waals surface area contributed by atoms with Gasteiger partial charge in [0.2, 0.25) is 0 Å². The summed E-state index contributed by atoms with van der Waals surface area (Å²) in [7, 11) is 0. The fourth-order valence-corrected chi connectivity index (χ4v) is 3.35. The molecule has 3 N–H and O–H groups in total. The van der Waals surface area contributed by atoms with Crippen molar-refractivity contribution in [3.05, 3.63) is 0 Å². The van der Waals surface area contributed by atoms with Gasteiger partial charge in [-0.25, -0.2) is 0 Å². The monoisotopic (exact) mass is 231 g/mol. The van der Waals surface area contributed by atoms with Crippen molar-refractivity contribution in [2.75, 3.05) is 24.7 Å². The van der Waals surface area contributed by atoms with Crippen molar-refractivity contribution >= 4 is 35.9 Å². The molecule has 0 aromatic rings. The fraction of sp³-hybridized carbons (Fsp3) is 1.00. The van der Waals surface area contributed by atoms with Crippen LogP contribution < -0.4 is 5.73 Å². The van der Waals surface area contributed by atoms with Gasteiger partial charge in [-0.15, -0.1) is 35.9 Å². The average molecular weight is 232 g/mol. The standard InChI is InChI=1S/C7H17NOS2.ClH/c1-3-10-7(5-8,6-9)11-4-2;/h9H,3-6,8H2,1-2H3;1H. The van der Waals surface area contributed by atoms with E-state index in [1.54, 1.807) is 23.5 Å². The third kappa shape index (κ3) is 4.82. The van der Waals surface area contributed by atoms with Crippen LogP contribution >= 0.6 is 35.9 Å². The van der Waals surface area contributed by atoms with E-state index >= 15 is 0 Å². The van der Waals surface area contributed by atoms with Gasteiger partial charge in [0, 0.05) is 6.54 Å². The molecule has 0 atom stereocenters. The van der Waals surface area contributed by atoms with Gasteiger partial charge >= 0.3 is 0 Å². The van der Waals surface area contributed by atoms with Gasteiger partial charge in [-0.1, -0.05) is 13.8 Å². The van der Waals surface area contributed by atoms with Crippen molar-refractivity contribution < 1.29 is 5.11 Å². The minimum atomic E-state index is -0.149. The summed E-state index contributed by atoms with van der Waals surface area (Å²) in [5.74, 6) is 2.01. The minimum absolute atomic E-state index is 0. The molecule has 0 radical (unpaired) electrons. The van der Waals surface area contributed by atoms with Crippen LogP contribution in [0, 0.1) is 0 Å². The number of hydrogen-bond donors (Lipinski definition) is 2. The topological polar surface area (TPSA) is 46.2 Å². The van der Waals surface area contributed by atoms with Gasteiger partial charge in [-0.2, -0.15) is 0 Å². The quantitative estimate of drug-likeness (QED) is 0.682. The molecule has 0 amide bonds. The molecule has 0 bridgehead atoms. The number of aliphatic hydroxyl groups excluding tert-OH is 1. The zero-order valence-electron chi connectivity index (χ0n) is 7.58. The molecule has 0 aliphatic heterocycles. The molecule has 0 aliphatic rings. The summed E-state index contributed by atoms with van der Waals surface area (Å²) in [6.45, 7) is 4.88. The molecule has 5 heteroatoms. The van der Waals surface area contributed by atoms with Crippen molar-refractivity contribution in [3.8, 4) is 0 Å². The highest BCUT2D eigenvalue weighted by Gasteiger charge is 2.27. The number of rotatable bonds is 6. The highest BCUT2D eigenvalue weighted by Crippen LogP contribution is 2.35. The Balaban J connectivity index is 0. The second kappa shape index (κ2) is 8.51. The predicted molar refractivity (Wildman–Crippen MR) is 62.4 cm³/mol. The van der Waals surface area contributed by atoms with Crippen molar-refractivity contribution in [3.63, 3.8) is 0 Å². The van der Waals surface area contributed by atoms with Crippen LogP contribution in [0.4, 0.5) is 0 Å². The van der Waals surface area contributed by atoms with Gasteiger partial charge in [-0.3, -0.25) is 0 Å². The Morgan fingerprint density at radius 2 is 1.67 bits per heavy atom. The Kier molecular flexibility index (Phi) is 10.9. The second-order valence-electron chi connectivity index (χ2n) is 2.14. The van der Waals surface area contributed by atoms with Crippen LogP contribution in [0.2, 0.25) is 0 Å². The summed E-state index contributed by atoms with van der Waals surface area (Å²) in [5, 5.41) is 9.12. The van der Waals surface area contributed by atoms with Gasteiger partial charge < -0.3 is 10.8 Å². The van der Waals surface area contributed by atoms with Crippen LogP contribution in [0.15, 0.2) is 0 Å². The number of nitrogens with two attached hydrogens (primary N) is 1. The van der Waals surface area contributed by atoms with Crippen LogP contribution in [0.1, 0.15) is 13.8 Å². The number of thioether (sulfide) groups is 2. The number of hydrogen-bond acceptors (Lipinski definition) is 4. The van der Waals surface area contributed by atoms with Crippen molar-refractivity contribution in [2.45, 2.75) is 17.9 Å². The van der Waals surface area contributed by atoms with Crippen LogP contribution in [0.25, 0.3) is 0 Å². The first-order chi connectivity index (χ1) is 5.24. The van der Waals surface area contributed by atoms with Crippen molar-refractivity contribution in [2.24, 2.45) is 5.73 Å². The molecule has 0 aromatic carbocycles. The molecule has 0 aliphatic carbocycles. The molecule has 12 heavy (non-hydrogen) atoms. The van der Waals surface area contributed by atoms with E-state index in [1.807, 2.05) is 0 Å². The maximum atomic E-state index is 9.12. The Morgan fingerprint density at radius 1 is 1.25 bits per heavy atom. The molecule has 0 fully saturated rings. The maximum Gasteiger partial charge on any atom is 0.0961 e. The molecular formula is C7H18ClNOS2. The van der Waals surface area contributed by atoms with E-state index in [2.05, 4.69) is 13.8 Å². The highest BCUT2D eigenvalue weighted by atomic mass is 35.5. The third-order valence-electron chi connectivity index (χ3n) is 1.37. The SMILES string of the molecule is CCSC(CN)(CO)SCC.Cl. The molecular weight excluding hydrogens is 214 g/mol. The third-order valence-corrected chi connectivity index (χ3v) is 4.29. The van der Waals surface area contributed by atoms with E-state index in [4.69, 9.17) is 10.8 Å². The van der Waals surface area contributed by atoms with Gasteiger partial charge in [-0.05, 0) is 11.5 Å². The largest absolute Gasteiger partial charge is 0.394 e. The Morgan fingerprint density at radius 3 is 1.83 bits per heavy atom. The van der Waals surface area contributed by atoms with Crippen LogP contribution in [0.3, 0.4) is 0 Å². The van der Waals surface area contributed by atoms with Gasteiger partial charge in [0.15, 0.2) is 0 Å². The van der Waals surface area contributed by atoms with Crippen molar-refractivity contribution in [1.29, 1.82) is 0 Å².